The second-order valence-corrected chi connectivity index (χ2v) is 13.3. The molecule has 0 bridgehead atoms. The molecule has 1 unspecified atom stereocenters. The van der Waals surface area contributed by atoms with Crippen LogP contribution >= 0.6 is 32.9 Å². The molecule has 0 saturated carbocycles. The van der Waals surface area contributed by atoms with E-state index in [2.05, 4.69) is 11.1 Å². The standard InChI is InChI=1S/C32H25N3O6S3/c1-18-12-23-22-4-2-3-5-25(22)33-29(23)30(20-8-11-26-27(13-20)40-17-39-26)35(18)28(37)14-34(16-36)32(38)41-21-9-6-19(7-10-21)24-15-43-44-31(24)42/h2-11,13,15-16,18,30,33H,12,14,17H2,1H3/t18?,30-/m1/s1. The Bertz CT molecular complexity index is 1960. The smallest absolute Gasteiger partial charge is 0.422 e. The van der Waals surface area contributed by atoms with Gasteiger partial charge < -0.3 is 24.1 Å². The molecule has 7 rings (SSSR count). The predicted molar refractivity (Wildman–Crippen MR) is 170 cm³/mol. The van der Waals surface area contributed by atoms with Gasteiger partial charge in [-0.05, 0) is 60.4 Å². The molecule has 0 fully saturated rings. The van der Waals surface area contributed by atoms with Crippen molar-refractivity contribution in [2.24, 2.45) is 0 Å². The number of nitrogens with one attached hydrogen (secondary N) is 1. The van der Waals surface area contributed by atoms with Gasteiger partial charge in [0.1, 0.15) is 16.1 Å². The number of ether oxygens (including phenoxy) is 3. The Morgan fingerprint density at radius 3 is 2.68 bits per heavy atom. The first-order chi connectivity index (χ1) is 21.4. The molecule has 3 aromatic carbocycles. The summed E-state index contributed by atoms with van der Waals surface area (Å²) in [5.74, 6) is 1.07. The predicted octanol–water partition coefficient (Wildman–Crippen LogP) is 6.94. The van der Waals surface area contributed by atoms with E-state index >= 15 is 0 Å². The van der Waals surface area contributed by atoms with Crippen LogP contribution in [-0.2, 0) is 16.0 Å². The average Bonchev–Trinajstić information content (AvgIpc) is 3.77. The summed E-state index contributed by atoms with van der Waals surface area (Å²) in [6.07, 6.45) is -0.0250. The Kier molecular flexibility index (Phi) is 7.40. The first-order valence-electron chi connectivity index (χ1n) is 13.8. The number of fused-ring (bicyclic) bond motifs is 4. The third-order valence-corrected chi connectivity index (χ3v) is 10.6. The van der Waals surface area contributed by atoms with Crippen molar-refractivity contribution in [3.8, 4) is 28.4 Å². The van der Waals surface area contributed by atoms with Crippen LogP contribution in [0, 0.1) is 3.82 Å². The molecule has 12 heteroatoms. The van der Waals surface area contributed by atoms with Crippen molar-refractivity contribution in [1.29, 1.82) is 0 Å². The van der Waals surface area contributed by atoms with E-state index in [1.165, 1.54) is 10.3 Å². The molecule has 2 aromatic heterocycles. The molecule has 2 aliphatic rings. The molecule has 0 spiro atoms. The highest BCUT2D eigenvalue weighted by Crippen LogP contribution is 2.43. The minimum atomic E-state index is -0.946. The van der Waals surface area contributed by atoms with Gasteiger partial charge in [-0.2, -0.15) is 0 Å². The summed E-state index contributed by atoms with van der Waals surface area (Å²) in [4.78, 5) is 45.2. The lowest BCUT2D eigenvalue weighted by atomic mass is 9.88. The fourth-order valence-electron chi connectivity index (χ4n) is 5.89. The number of aromatic nitrogens is 1. The number of benzene rings is 3. The Labute approximate surface area is 264 Å². The van der Waals surface area contributed by atoms with Crippen LogP contribution in [0.4, 0.5) is 4.79 Å². The highest BCUT2D eigenvalue weighted by molar-refractivity contribution is 7.79. The number of hydrogen-bond donors (Lipinski definition) is 1. The van der Waals surface area contributed by atoms with E-state index in [1.54, 1.807) is 39.5 Å². The third kappa shape index (κ3) is 5.04. The van der Waals surface area contributed by atoms with Gasteiger partial charge in [-0.15, -0.1) is 0 Å². The largest absolute Gasteiger partial charge is 0.454 e. The molecule has 2 aliphatic heterocycles. The zero-order valence-corrected chi connectivity index (χ0v) is 25.8. The van der Waals surface area contributed by atoms with Gasteiger partial charge >= 0.3 is 6.09 Å². The Morgan fingerprint density at radius 1 is 1.11 bits per heavy atom. The van der Waals surface area contributed by atoms with Crippen LogP contribution in [-0.4, -0.2) is 52.6 Å². The number of carbonyl (C=O) groups excluding carboxylic acids is 3. The highest BCUT2D eigenvalue weighted by atomic mass is 32.9. The molecule has 2 atom stereocenters. The lowest BCUT2D eigenvalue weighted by Crippen LogP contribution is -2.51. The van der Waals surface area contributed by atoms with Gasteiger partial charge in [-0.1, -0.05) is 69.3 Å². The van der Waals surface area contributed by atoms with Crippen molar-refractivity contribution in [1.82, 2.24) is 14.8 Å². The number of amides is 3. The zero-order chi connectivity index (χ0) is 30.4. The monoisotopic (exact) mass is 643 g/mol. The topological polar surface area (TPSA) is 101 Å². The zero-order valence-electron chi connectivity index (χ0n) is 23.4. The lowest BCUT2D eigenvalue weighted by molar-refractivity contribution is -0.138. The normalized spacial score (nSPS) is 16.9. The van der Waals surface area contributed by atoms with Crippen molar-refractivity contribution in [2.45, 2.75) is 25.4 Å². The Hall–Kier alpha value is -4.52. The molecule has 4 heterocycles. The van der Waals surface area contributed by atoms with Gasteiger partial charge in [0, 0.05) is 33.6 Å². The number of carbonyl (C=O) groups is 3. The Morgan fingerprint density at radius 2 is 1.91 bits per heavy atom. The van der Waals surface area contributed by atoms with Crippen LogP contribution in [0.1, 0.15) is 29.8 Å². The minimum Gasteiger partial charge on any atom is -0.454 e. The maximum Gasteiger partial charge on any atom is 0.422 e. The quantitative estimate of drug-likeness (QED) is 0.122. The molecule has 5 aromatic rings. The minimum absolute atomic E-state index is 0.128. The van der Waals surface area contributed by atoms with Crippen molar-refractivity contribution in [3.05, 3.63) is 92.8 Å². The van der Waals surface area contributed by atoms with Crippen LogP contribution in [0.3, 0.4) is 0 Å². The van der Waals surface area contributed by atoms with Gasteiger partial charge in [0.2, 0.25) is 19.1 Å². The van der Waals surface area contributed by atoms with Crippen LogP contribution in [0.2, 0.25) is 0 Å². The van der Waals surface area contributed by atoms with Crippen LogP contribution < -0.4 is 14.2 Å². The van der Waals surface area contributed by atoms with E-state index in [0.29, 0.717) is 24.3 Å². The fourth-order valence-corrected chi connectivity index (χ4v) is 8.29. The van der Waals surface area contributed by atoms with E-state index in [4.69, 9.17) is 26.4 Å². The molecule has 1 N–H and O–H groups in total. The molecule has 0 saturated heterocycles. The van der Waals surface area contributed by atoms with Crippen LogP contribution in [0.5, 0.6) is 17.2 Å². The molecule has 0 aliphatic carbocycles. The van der Waals surface area contributed by atoms with Crippen molar-refractivity contribution < 1.29 is 28.6 Å². The molecular weight excluding hydrogens is 619 g/mol. The lowest BCUT2D eigenvalue weighted by Gasteiger charge is -2.41. The SMILES string of the molecule is CC1Cc2c([nH]c3ccccc23)[C@@H](c2ccc3c(c2)OCO3)N1C(=O)CN(C=O)C(=O)Oc1ccc(-c2cssc2=S)cc1. The first kappa shape index (κ1) is 28.3. The number of nitrogens with zero attached hydrogens (tertiary/aromatic N) is 2. The summed E-state index contributed by atoms with van der Waals surface area (Å²) in [5.41, 5.74) is 5.64. The molecule has 9 nitrogen and oxygen atoms in total. The van der Waals surface area contributed by atoms with Crippen molar-refractivity contribution in [3.63, 3.8) is 0 Å². The van der Waals surface area contributed by atoms with E-state index in [0.717, 1.165) is 47.6 Å². The van der Waals surface area contributed by atoms with E-state index < -0.39 is 24.6 Å². The highest BCUT2D eigenvalue weighted by Gasteiger charge is 2.40. The third-order valence-electron chi connectivity index (χ3n) is 7.92. The maximum absolute atomic E-state index is 14.0. The fraction of sp³-hybridized carbons (Fsp3) is 0.188. The summed E-state index contributed by atoms with van der Waals surface area (Å²) >= 11 is 5.37. The summed E-state index contributed by atoms with van der Waals surface area (Å²) in [7, 11) is 3.07. The summed E-state index contributed by atoms with van der Waals surface area (Å²) in [5, 5.41) is 3.07. The Balaban J connectivity index is 1.16. The average molecular weight is 644 g/mol. The molecule has 3 amide bonds. The number of hydrogen-bond acceptors (Lipinski definition) is 9. The number of rotatable bonds is 6. The van der Waals surface area contributed by atoms with Crippen molar-refractivity contribution >= 4 is 62.2 Å². The second kappa shape index (κ2) is 11.5. The summed E-state index contributed by atoms with van der Waals surface area (Å²) in [6.45, 7) is 1.61. The van der Waals surface area contributed by atoms with Gasteiger partial charge in [-0.3, -0.25) is 9.59 Å². The molecule has 222 valence electrons. The van der Waals surface area contributed by atoms with Gasteiger partial charge in [0.05, 0.1) is 6.04 Å². The van der Waals surface area contributed by atoms with Crippen LogP contribution in [0.25, 0.3) is 22.0 Å². The summed E-state index contributed by atoms with van der Waals surface area (Å²) in [6, 6.07) is 19.8. The number of para-hydroxylation sites is 1. The molecule has 0 radical (unpaired) electrons. The van der Waals surface area contributed by atoms with Gasteiger partial charge in [0.15, 0.2) is 11.5 Å². The maximum atomic E-state index is 14.0. The first-order valence-corrected chi connectivity index (χ1v) is 16.5. The van der Waals surface area contributed by atoms with Gasteiger partial charge in [0.25, 0.3) is 0 Å². The van der Waals surface area contributed by atoms with Crippen molar-refractivity contribution in [2.75, 3.05) is 13.3 Å². The van der Waals surface area contributed by atoms with E-state index in [9.17, 15) is 14.4 Å². The van der Waals surface area contributed by atoms with Crippen LogP contribution in [0.15, 0.2) is 72.1 Å². The van der Waals surface area contributed by atoms with E-state index in [1.807, 2.05) is 48.7 Å². The summed E-state index contributed by atoms with van der Waals surface area (Å²) < 4.78 is 17.4. The molecular formula is C32H25N3O6S3. The number of H-pyrrole nitrogens is 1. The number of imide groups is 1. The van der Waals surface area contributed by atoms with E-state index in [-0.39, 0.29) is 18.6 Å². The molecule has 44 heavy (non-hydrogen) atoms. The van der Waals surface area contributed by atoms with Gasteiger partial charge in [-0.25, -0.2) is 9.69 Å². The second-order valence-electron chi connectivity index (χ2n) is 10.6. The number of aromatic amines is 1.